The number of allylic oxidation sites excluding steroid dienone is 2. The van der Waals surface area contributed by atoms with Gasteiger partial charge in [0.2, 0.25) is 5.96 Å². The van der Waals surface area contributed by atoms with E-state index in [-0.39, 0.29) is 6.04 Å². The summed E-state index contributed by atoms with van der Waals surface area (Å²) in [5.41, 5.74) is 8.02. The van der Waals surface area contributed by atoms with E-state index in [1.807, 2.05) is 54.6 Å². The van der Waals surface area contributed by atoms with Gasteiger partial charge in [-0.3, -0.25) is 0 Å². The molecule has 2 saturated heterocycles. The van der Waals surface area contributed by atoms with Gasteiger partial charge in [0.25, 0.3) is 0 Å². The fraction of sp³-hybridized carbons (Fsp3) is 0.400. The molecule has 0 aromatic heterocycles. The molecule has 204 valence electrons. The summed E-state index contributed by atoms with van der Waals surface area (Å²) >= 11 is 6.77. The van der Waals surface area contributed by atoms with E-state index in [1.165, 1.54) is 0 Å². The average Bonchev–Trinajstić information content (AvgIpc) is 2.89. The first kappa shape index (κ1) is 28.6. The van der Waals surface area contributed by atoms with Crippen LogP contribution >= 0.6 is 21.6 Å². The lowest BCUT2D eigenvalue weighted by molar-refractivity contribution is 0.123. The normalized spacial score (nSPS) is 24.7. The number of aliphatic imine (C=N–C) groups is 2. The number of halogens is 2. The van der Waals surface area contributed by atoms with Crippen molar-refractivity contribution in [2.75, 3.05) is 44.4 Å². The van der Waals surface area contributed by atoms with Gasteiger partial charge in [-0.05, 0) is 62.5 Å². The van der Waals surface area contributed by atoms with E-state index < -0.39 is 15.8 Å². The largest absolute Gasteiger partial charge is 0.338 e. The first-order valence-electron chi connectivity index (χ1n) is 13.2. The molecule has 0 aliphatic carbocycles. The Balaban J connectivity index is 1.76. The fourth-order valence-corrected chi connectivity index (χ4v) is 9.26. The zero-order valence-corrected chi connectivity index (χ0v) is 24.2. The molecular weight excluding hydrogens is 517 g/mol. The highest BCUT2D eigenvalue weighted by atomic mass is 35.5. The van der Waals surface area contributed by atoms with Crippen molar-refractivity contribution in [2.45, 2.75) is 36.7 Å². The molecule has 0 bridgehead atoms. The molecule has 2 aromatic carbocycles. The highest BCUT2D eigenvalue weighted by molar-refractivity contribution is 8.33. The second-order valence-corrected chi connectivity index (χ2v) is 14.6. The maximum absolute atomic E-state index is 16.4. The average molecular weight is 556 g/mol. The molecule has 2 fully saturated rings. The van der Waals surface area contributed by atoms with Crippen LogP contribution in [0.1, 0.15) is 30.9 Å². The van der Waals surface area contributed by atoms with Crippen LogP contribution in [0.4, 0.5) is 10.1 Å². The minimum atomic E-state index is -1.33. The Bertz CT molecular complexity index is 1210. The molecule has 0 saturated carbocycles. The lowest BCUT2D eigenvalue weighted by Crippen LogP contribution is -2.58. The zero-order valence-electron chi connectivity index (χ0n) is 22.6. The molecular formula is C30H39ClFN5S. The summed E-state index contributed by atoms with van der Waals surface area (Å²) in [6, 6.07) is 12.5. The van der Waals surface area contributed by atoms with Crippen molar-refractivity contribution in [3.8, 4) is 0 Å². The maximum Gasteiger partial charge on any atom is 0.225 e. The highest BCUT2D eigenvalue weighted by Gasteiger charge is 2.35. The third-order valence-corrected chi connectivity index (χ3v) is 12.4. The quantitative estimate of drug-likeness (QED) is 0.243. The van der Waals surface area contributed by atoms with Crippen molar-refractivity contribution in [1.82, 2.24) is 9.80 Å². The SMILES string of the molecule is C=NC(=Nc1c(S2(CC)CCC(N)CC2)cc(Cl)c(/C=C/C=C\c2ccccc2)c1F)N1CC(N(C)C)C1. The molecule has 5 nitrogen and oxygen atoms in total. The number of benzene rings is 2. The molecule has 0 spiro atoms. The van der Waals surface area contributed by atoms with E-state index in [2.05, 4.69) is 42.5 Å². The van der Waals surface area contributed by atoms with Crippen molar-refractivity contribution >= 4 is 52.1 Å². The summed E-state index contributed by atoms with van der Waals surface area (Å²) in [6.07, 6.45) is 9.26. The van der Waals surface area contributed by atoms with Gasteiger partial charge in [0.05, 0.1) is 5.02 Å². The van der Waals surface area contributed by atoms with Crippen molar-refractivity contribution in [3.05, 3.63) is 70.5 Å². The molecule has 0 atom stereocenters. The van der Waals surface area contributed by atoms with Crippen LogP contribution in [0, 0.1) is 5.82 Å². The Morgan fingerprint density at radius 3 is 2.45 bits per heavy atom. The Morgan fingerprint density at radius 2 is 1.84 bits per heavy atom. The van der Waals surface area contributed by atoms with Gasteiger partial charge in [0.1, 0.15) is 5.69 Å². The van der Waals surface area contributed by atoms with Crippen LogP contribution in [0.5, 0.6) is 0 Å². The molecule has 2 aliphatic heterocycles. The minimum Gasteiger partial charge on any atom is -0.338 e. The molecule has 0 radical (unpaired) electrons. The Kier molecular flexibility index (Phi) is 9.47. The van der Waals surface area contributed by atoms with E-state index in [9.17, 15) is 0 Å². The van der Waals surface area contributed by atoms with Crippen LogP contribution in [0.3, 0.4) is 0 Å². The van der Waals surface area contributed by atoms with E-state index >= 15 is 4.39 Å². The molecule has 2 heterocycles. The number of likely N-dealkylation sites (N-methyl/N-ethyl adjacent to an activating group) is 1. The molecule has 0 unspecified atom stereocenters. The second kappa shape index (κ2) is 12.6. The first-order valence-corrected chi connectivity index (χ1v) is 15.7. The number of rotatable bonds is 7. The van der Waals surface area contributed by atoms with Gasteiger partial charge >= 0.3 is 0 Å². The summed E-state index contributed by atoms with van der Waals surface area (Å²) in [5.74, 6) is 2.92. The molecule has 2 aromatic rings. The van der Waals surface area contributed by atoms with Gasteiger partial charge in [-0.2, -0.15) is 0 Å². The monoisotopic (exact) mass is 555 g/mol. The van der Waals surface area contributed by atoms with E-state index in [4.69, 9.17) is 22.3 Å². The number of nitrogens with zero attached hydrogens (tertiary/aromatic N) is 4. The number of guanidine groups is 1. The molecule has 2 N–H and O–H groups in total. The molecule has 38 heavy (non-hydrogen) atoms. The fourth-order valence-electron chi connectivity index (χ4n) is 4.99. The smallest absolute Gasteiger partial charge is 0.225 e. The van der Waals surface area contributed by atoms with Crippen molar-refractivity contribution in [3.63, 3.8) is 0 Å². The third kappa shape index (κ3) is 6.23. The van der Waals surface area contributed by atoms with Crippen molar-refractivity contribution in [2.24, 2.45) is 15.7 Å². The van der Waals surface area contributed by atoms with Crippen LogP contribution in [0.15, 0.2) is 63.4 Å². The van der Waals surface area contributed by atoms with Gasteiger partial charge in [-0.25, -0.2) is 24.4 Å². The van der Waals surface area contributed by atoms with Gasteiger partial charge in [0, 0.05) is 35.6 Å². The topological polar surface area (TPSA) is 57.2 Å². The minimum absolute atomic E-state index is 0.197. The summed E-state index contributed by atoms with van der Waals surface area (Å²) < 4.78 is 16.4. The lowest BCUT2D eigenvalue weighted by atomic mass is 10.1. The molecule has 2 aliphatic rings. The number of hydrogen-bond acceptors (Lipinski definition) is 3. The predicted molar refractivity (Wildman–Crippen MR) is 165 cm³/mol. The van der Waals surface area contributed by atoms with E-state index in [0.717, 1.165) is 53.6 Å². The van der Waals surface area contributed by atoms with Crippen LogP contribution in [0.25, 0.3) is 12.2 Å². The summed E-state index contributed by atoms with van der Waals surface area (Å²) in [6.45, 7) is 7.52. The van der Waals surface area contributed by atoms with Gasteiger partial charge in [-0.1, -0.05) is 73.2 Å². The van der Waals surface area contributed by atoms with Gasteiger partial charge in [-0.15, -0.1) is 0 Å². The number of nitrogens with two attached hydrogens (primary N) is 1. The van der Waals surface area contributed by atoms with Crippen molar-refractivity contribution < 1.29 is 4.39 Å². The first-order chi connectivity index (χ1) is 18.3. The standard InChI is InChI=1S/C30H39ClFN5S/c1-5-38(17-15-23(33)16-18-38)27-19-26(31)25(14-10-9-13-22-11-7-6-8-12-22)28(32)29(27)35-30(34-2)37-20-24(21-37)36(3)4/h6-14,19,23-24H,2,5,15-18,20-21,33H2,1,3-4H3/b13-9-,14-10+,35-30?. The predicted octanol–water partition coefficient (Wildman–Crippen LogP) is 6.44. The molecule has 0 amide bonds. The van der Waals surface area contributed by atoms with Crippen molar-refractivity contribution in [1.29, 1.82) is 0 Å². The van der Waals surface area contributed by atoms with Crippen LogP contribution < -0.4 is 5.73 Å². The van der Waals surface area contributed by atoms with Crippen LogP contribution in [0.2, 0.25) is 5.02 Å². The van der Waals surface area contributed by atoms with Gasteiger partial charge in [0.15, 0.2) is 5.82 Å². The summed E-state index contributed by atoms with van der Waals surface area (Å²) in [5, 5.41) is 0.403. The molecule has 8 heteroatoms. The van der Waals surface area contributed by atoms with Gasteiger partial charge < -0.3 is 15.5 Å². The second-order valence-electron chi connectivity index (χ2n) is 10.2. The third-order valence-electron chi connectivity index (χ3n) is 7.66. The number of hydrogen-bond donors (Lipinski definition) is 1. The Hall–Kier alpha value is -2.45. The Morgan fingerprint density at radius 1 is 1.18 bits per heavy atom. The lowest BCUT2D eigenvalue weighted by Gasteiger charge is -2.46. The maximum atomic E-state index is 16.4. The van der Waals surface area contributed by atoms with E-state index in [0.29, 0.717) is 28.3 Å². The highest BCUT2D eigenvalue weighted by Crippen LogP contribution is 2.62. The van der Waals surface area contributed by atoms with Crippen LogP contribution in [-0.4, -0.2) is 79.0 Å². The van der Waals surface area contributed by atoms with E-state index in [1.54, 1.807) is 6.08 Å². The Labute approximate surface area is 233 Å². The number of likely N-dealkylation sites (tertiary alicyclic amines) is 1. The van der Waals surface area contributed by atoms with Crippen LogP contribution in [-0.2, 0) is 0 Å². The molecule has 4 rings (SSSR count). The zero-order chi connectivity index (χ0) is 27.3. The summed E-state index contributed by atoms with van der Waals surface area (Å²) in [7, 11) is 2.79. The summed E-state index contributed by atoms with van der Waals surface area (Å²) in [4.78, 5) is 14.2.